The first kappa shape index (κ1) is 16.3. The zero-order valence-corrected chi connectivity index (χ0v) is 7.96. The Labute approximate surface area is 76.9 Å². The van der Waals surface area contributed by atoms with E-state index in [1.165, 1.54) is 0 Å². The van der Waals surface area contributed by atoms with Gasteiger partial charge in [0.05, 0.1) is 0 Å². The van der Waals surface area contributed by atoms with E-state index < -0.39 is 6.18 Å². The predicted octanol–water partition coefficient (Wildman–Crippen LogP) is 1.68. The molecule has 0 aliphatic rings. The summed E-state index contributed by atoms with van der Waals surface area (Å²) < 4.78 is 31.1. The molecule has 0 N–H and O–H groups in total. The molecule has 53 valence electrons. The van der Waals surface area contributed by atoms with Gasteiger partial charge < -0.3 is 4.79 Å². The molecule has 1 nitrogen and oxygen atoms in total. The third-order valence-electron chi connectivity index (χ3n) is 0.116. The Morgan fingerprint density at radius 1 is 1.22 bits per heavy atom. The number of alkyl halides is 3. The predicted molar refractivity (Wildman–Crippen MR) is 23.1 cm³/mol. The van der Waals surface area contributed by atoms with Gasteiger partial charge in [-0.1, -0.05) is 13.8 Å². The fourth-order valence-corrected chi connectivity index (χ4v) is 0. The Morgan fingerprint density at radius 2 is 1.33 bits per heavy atom. The molecule has 0 spiro atoms. The van der Waals surface area contributed by atoms with Gasteiger partial charge in [-0.2, -0.15) is 6.29 Å². The summed E-state index contributed by atoms with van der Waals surface area (Å²) in [4.78, 5) is 8.58. The minimum Gasteiger partial charge on any atom is -0.533 e. The summed E-state index contributed by atoms with van der Waals surface area (Å²) in [6, 6.07) is 0. The number of rotatable bonds is 0. The van der Waals surface area contributed by atoms with E-state index in [1.54, 1.807) is 0 Å². The molecule has 0 rings (SSSR count). The van der Waals surface area contributed by atoms with Crippen LogP contribution in [0.2, 0.25) is 0 Å². The second-order valence-corrected chi connectivity index (χ2v) is 0.600. The van der Waals surface area contributed by atoms with Crippen LogP contribution in [0.1, 0.15) is 13.8 Å². The standard InChI is InChI=1S/C2F3O.C2H6.Y/c3-2(4,5)1-6;1-2;/h;1-2H3;/q-1;;. The quantitative estimate of drug-likeness (QED) is 0.563. The molecule has 0 heterocycles. The third kappa shape index (κ3) is 29.0. The molecule has 5 heteroatoms. The van der Waals surface area contributed by atoms with Crippen molar-refractivity contribution >= 4 is 6.29 Å². The molecular formula is C4H6F3OY-. The summed E-state index contributed by atoms with van der Waals surface area (Å²) in [7, 11) is 0. The molecule has 0 atom stereocenters. The fraction of sp³-hybridized carbons (Fsp3) is 0.750. The van der Waals surface area contributed by atoms with Crippen LogP contribution < -0.4 is 0 Å². The Morgan fingerprint density at radius 3 is 1.33 bits per heavy atom. The van der Waals surface area contributed by atoms with Crippen LogP contribution in [0.5, 0.6) is 0 Å². The minimum atomic E-state index is -4.76. The molecule has 0 aliphatic heterocycles. The second-order valence-electron chi connectivity index (χ2n) is 0.600. The number of hydrogen-bond donors (Lipinski definition) is 0. The maximum atomic E-state index is 10.4. The van der Waals surface area contributed by atoms with Crippen LogP contribution in [-0.4, -0.2) is 12.5 Å². The molecule has 0 aliphatic carbocycles. The van der Waals surface area contributed by atoms with Crippen molar-refractivity contribution in [1.29, 1.82) is 0 Å². The van der Waals surface area contributed by atoms with Crippen LogP contribution >= 0.6 is 0 Å². The van der Waals surface area contributed by atoms with Crippen molar-refractivity contribution in [2.45, 2.75) is 20.0 Å². The second kappa shape index (κ2) is 8.56. The Hall–Kier alpha value is 0.564. The van der Waals surface area contributed by atoms with E-state index in [0.717, 1.165) is 0 Å². The van der Waals surface area contributed by atoms with Gasteiger partial charge in [-0.3, -0.25) is 0 Å². The Balaban J connectivity index is -0.000000109. The van der Waals surface area contributed by atoms with Gasteiger partial charge in [-0.05, 0) is 0 Å². The molecule has 0 aromatic carbocycles. The van der Waals surface area contributed by atoms with Gasteiger partial charge in [-0.25, -0.2) is 13.2 Å². The van der Waals surface area contributed by atoms with Crippen LogP contribution in [0.4, 0.5) is 13.2 Å². The first-order chi connectivity index (χ1) is 3.56. The van der Waals surface area contributed by atoms with Gasteiger partial charge in [0.25, 0.3) is 6.18 Å². The van der Waals surface area contributed by atoms with E-state index in [1.807, 2.05) is 13.8 Å². The van der Waals surface area contributed by atoms with Crippen molar-refractivity contribution in [3.63, 3.8) is 0 Å². The van der Waals surface area contributed by atoms with Gasteiger partial charge in [0.15, 0.2) is 0 Å². The summed E-state index contributed by atoms with van der Waals surface area (Å²) in [6.07, 6.45) is -4.91. The SMILES string of the molecule is CC.O=[C-]C(F)(F)F.[Y]. The van der Waals surface area contributed by atoms with Crippen molar-refractivity contribution in [3.05, 3.63) is 0 Å². The van der Waals surface area contributed by atoms with Crippen molar-refractivity contribution in [3.8, 4) is 0 Å². The summed E-state index contributed by atoms with van der Waals surface area (Å²) in [5, 5.41) is 0. The zero-order valence-electron chi connectivity index (χ0n) is 5.12. The molecule has 0 fully saturated rings. The Bertz CT molecular complexity index is 61.3. The topological polar surface area (TPSA) is 17.1 Å². The number of hydrogen-bond acceptors (Lipinski definition) is 1. The Kier molecular flexibility index (Phi) is 15.5. The van der Waals surface area contributed by atoms with E-state index in [4.69, 9.17) is 4.79 Å². The molecule has 0 saturated heterocycles. The van der Waals surface area contributed by atoms with Gasteiger partial charge in [0.2, 0.25) is 0 Å². The number of carbonyl (C=O) groups excluding carboxylic acids is 1. The molecule has 0 bridgehead atoms. The fourth-order valence-electron chi connectivity index (χ4n) is 0. The van der Waals surface area contributed by atoms with Crippen LogP contribution in [0.3, 0.4) is 0 Å². The van der Waals surface area contributed by atoms with Crippen LogP contribution in [0.25, 0.3) is 0 Å². The van der Waals surface area contributed by atoms with Gasteiger partial charge in [0.1, 0.15) is 0 Å². The molecular weight excluding hydrogens is 210 g/mol. The maximum Gasteiger partial charge on any atom is 0.298 e. The van der Waals surface area contributed by atoms with Crippen molar-refractivity contribution in [2.75, 3.05) is 0 Å². The maximum absolute atomic E-state index is 10.4. The molecule has 0 saturated carbocycles. The number of halogens is 3. The van der Waals surface area contributed by atoms with Crippen molar-refractivity contribution < 1.29 is 50.7 Å². The molecule has 9 heavy (non-hydrogen) atoms. The van der Waals surface area contributed by atoms with E-state index in [-0.39, 0.29) is 39.0 Å². The monoisotopic (exact) mass is 216 g/mol. The first-order valence-electron chi connectivity index (χ1n) is 2.02. The van der Waals surface area contributed by atoms with E-state index in [2.05, 4.69) is 0 Å². The molecule has 0 aromatic heterocycles. The first-order valence-corrected chi connectivity index (χ1v) is 2.02. The third-order valence-corrected chi connectivity index (χ3v) is 0.116. The average Bonchev–Trinajstić information content (AvgIpc) is 1.71. The molecule has 1 radical (unpaired) electrons. The molecule has 0 amide bonds. The summed E-state index contributed by atoms with van der Waals surface area (Å²) >= 11 is 0. The zero-order chi connectivity index (χ0) is 7.21. The van der Waals surface area contributed by atoms with Crippen molar-refractivity contribution in [2.24, 2.45) is 0 Å². The summed E-state index contributed by atoms with van der Waals surface area (Å²) in [6.45, 7) is 4.00. The van der Waals surface area contributed by atoms with Crippen LogP contribution in [-0.2, 0) is 37.5 Å². The van der Waals surface area contributed by atoms with Gasteiger partial charge in [-0.15, -0.1) is 0 Å². The van der Waals surface area contributed by atoms with Gasteiger partial charge in [0, 0.05) is 32.7 Å². The van der Waals surface area contributed by atoms with Gasteiger partial charge >= 0.3 is 0 Å². The van der Waals surface area contributed by atoms with E-state index in [0.29, 0.717) is 0 Å². The molecule has 0 unspecified atom stereocenters. The van der Waals surface area contributed by atoms with E-state index in [9.17, 15) is 13.2 Å². The summed E-state index contributed by atoms with van der Waals surface area (Å²) in [5.41, 5.74) is 0. The average molecular weight is 216 g/mol. The smallest absolute Gasteiger partial charge is 0.298 e. The van der Waals surface area contributed by atoms with Crippen LogP contribution in [0, 0.1) is 0 Å². The minimum absolute atomic E-state index is 0. The van der Waals surface area contributed by atoms with Crippen molar-refractivity contribution in [1.82, 2.24) is 0 Å². The summed E-state index contributed by atoms with van der Waals surface area (Å²) in [5.74, 6) is 0. The normalized spacial score (nSPS) is 8.11. The van der Waals surface area contributed by atoms with E-state index >= 15 is 0 Å². The molecule has 0 aromatic rings. The largest absolute Gasteiger partial charge is 0.533 e. The van der Waals surface area contributed by atoms with Crippen LogP contribution in [0.15, 0.2) is 0 Å².